The lowest BCUT2D eigenvalue weighted by atomic mass is 10.3. The number of nitrogens with one attached hydrogen (secondary N) is 1. The average Bonchev–Trinajstić information content (AvgIpc) is 2.71. The molecular weight excluding hydrogens is 234 g/mol. The molecule has 1 N–H and O–H groups in total. The fraction of sp³-hybridized carbons (Fsp3) is 0. The highest BCUT2D eigenvalue weighted by Gasteiger charge is 2.12. The molecule has 2 rings (SSSR count). The first-order chi connectivity index (χ1) is 7.27. The van der Waals surface area contributed by atoms with Gasteiger partial charge in [0.1, 0.15) is 5.69 Å². The Kier molecular flexibility index (Phi) is 2.94. The number of nitrogens with zero attached hydrogens (tertiary/aromatic N) is 2. The van der Waals surface area contributed by atoms with Crippen LogP contribution in [0.1, 0.15) is 10.5 Å². The first-order valence-corrected chi connectivity index (χ1v) is 5.34. The molecule has 6 heteroatoms. The molecule has 0 aliphatic carbocycles. The fourth-order valence-corrected chi connectivity index (χ4v) is 1.73. The summed E-state index contributed by atoms with van der Waals surface area (Å²) in [6.45, 7) is 0. The molecule has 0 spiro atoms. The quantitative estimate of drug-likeness (QED) is 0.876. The monoisotopic (exact) mass is 239 g/mol. The fourth-order valence-electron chi connectivity index (χ4n) is 0.994. The number of carbonyl (C=O) groups is 1. The molecule has 2 aromatic heterocycles. The van der Waals surface area contributed by atoms with Crippen LogP contribution >= 0.6 is 22.9 Å². The van der Waals surface area contributed by atoms with Crippen LogP contribution in [0.25, 0.3) is 0 Å². The molecule has 0 saturated heterocycles. The van der Waals surface area contributed by atoms with Gasteiger partial charge in [-0.2, -0.15) is 0 Å². The van der Waals surface area contributed by atoms with Crippen molar-refractivity contribution in [1.82, 2.24) is 9.97 Å². The van der Waals surface area contributed by atoms with Crippen LogP contribution in [0, 0.1) is 0 Å². The first kappa shape index (κ1) is 10.1. The summed E-state index contributed by atoms with van der Waals surface area (Å²) in [6, 6.07) is 3.29. The summed E-state index contributed by atoms with van der Waals surface area (Å²) in [5, 5.41) is 5.23. The van der Waals surface area contributed by atoms with E-state index in [1.54, 1.807) is 23.7 Å². The van der Waals surface area contributed by atoms with E-state index in [9.17, 15) is 4.79 Å². The molecule has 0 aliphatic rings. The van der Waals surface area contributed by atoms with E-state index in [1.807, 2.05) is 0 Å². The standard InChI is InChI=1S/C9H6ClN3OS/c10-6-2-1-3-11-7(6)8(14)13-9-12-4-5-15-9/h1-5H,(H,12,13,14). The number of thiazole rings is 1. The molecule has 0 atom stereocenters. The molecule has 0 aromatic carbocycles. The second-order valence-electron chi connectivity index (χ2n) is 2.63. The lowest BCUT2D eigenvalue weighted by Crippen LogP contribution is -2.13. The minimum atomic E-state index is -0.351. The van der Waals surface area contributed by atoms with Gasteiger partial charge in [-0.15, -0.1) is 11.3 Å². The zero-order valence-electron chi connectivity index (χ0n) is 7.48. The predicted octanol–water partition coefficient (Wildman–Crippen LogP) is 2.44. The number of amides is 1. The maximum Gasteiger partial charge on any atom is 0.277 e. The molecule has 1 amide bonds. The van der Waals surface area contributed by atoms with Gasteiger partial charge in [-0.3, -0.25) is 10.1 Å². The van der Waals surface area contributed by atoms with Crippen molar-refractivity contribution in [1.29, 1.82) is 0 Å². The van der Waals surface area contributed by atoms with E-state index in [4.69, 9.17) is 11.6 Å². The smallest absolute Gasteiger partial charge is 0.277 e. The van der Waals surface area contributed by atoms with E-state index in [1.165, 1.54) is 17.5 Å². The Hall–Kier alpha value is -1.46. The van der Waals surface area contributed by atoms with Gasteiger partial charge in [0.25, 0.3) is 5.91 Å². The molecule has 0 unspecified atom stereocenters. The van der Waals surface area contributed by atoms with Crippen LogP contribution < -0.4 is 5.32 Å². The van der Waals surface area contributed by atoms with Gasteiger partial charge < -0.3 is 0 Å². The van der Waals surface area contributed by atoms with Crippen molar-refractivity contribution in [3.63, 3.8) is 0 Å². The Morgan fingerprint density at radius 2 is 2.27 bits per heavy atom. The number of pyridine rings is 1. The largest absolute Gasteiger partial charge is 0.296 e. The highest BCUT2D eigenvalue weighted by Crippen LogP contribution is 2.16. The molecule has 76 valence electrons. The van der Waals surface area contributed by atoms with E-state index < -0.39 is 0 Å². The van der Waals surface area contributed by atoms with E-state index in [-0.39, 0.29) is 11.6 Å². The van der Waals surface area contributed by atoms with Gasteiger partial charge in [-0.05, 0) is 12.1 Å². The van der Waals surface area contributed by atoms with Crippen LogP contribution in [0.5, 0.6) is 0 Å². The minimum absolute atomic E-state index is 0.203. The van der Waals surface area contributed by atoms with E-state index >= 15 is 0 Å². The molecule has 15 heavy (non-hydrogen) atoms. The Morgan fingerprint density at radius 3 is 2.93 bits per heavy atom. The number of rotatable bonds is 2. The molecule has 2 heterocycles. The van der Waals surface area contributed by atoms with Gasteiger partial charge in [0.2, 0.25) is 0 Å². The number of aromatic nitrogens is 2. The zero-order valence-corrected chi connectivity index (χ0v) is 9.05. The van der Waals surface area contributed by atoms with Crippen molar-refractivity contribution >= 4 is 34.0 Å². The number of carbonyl (C=O) groups excluding carboxylic acids is 1. The summed E-state index contributed by atoms with van der Waals surface area (Å²) >= 11 is 7.16. The summed E-state index contributed by atoms with van der Waals surface area (Å²) in [5.74, 6) is -0.351. The van der Waals surface area contributed by atoms with Gasteiger partial charge in [0, 0.05) is 17.8 Å². The lowest BCUT2D eigenvalue weighted by molar-refractivity contribution is 0.102. The highest BCUT2D eigenvalue weighted by molar-refractivity contribution is 7.13. The number of hydrogen-bond acceptors (Lipinski definition) is 4. The molecule has 0 fully saturated rings. The SMILES string of the molecule is O=C(Nc1nccs1)c1ncccc1Cl. The van der Waals surface area contributed by atoms with E-state index in [0.29, 0.717) is 10.2 Å². The molecule has 4 nitrogen and oxygen atoms in total. The number of halogens is 1. The molecule has 2 aromatic rings. The Balaban J connectivity index is 2.19. The second kappa shape index (κ2) is 4.37. The van der Waals surface area contributed by atoms with Crippen molar-refractivity contribution in [3.05, 3.63) is 40.6 Å². The number of hydrogen-bond donors (Lipinski definition) is 1. The molecule has 0 aliphatic heterocycles. The Bertz CT molecular complexity index is 472. The van der Waals surface area contributed by atoms with Gasteiger partial charge >= 0.3 is 0 Å². The zero-order chi connectivity index (χ0) is 10.7. The average molecular weight is 240 g/mol. The minimum Gasteiger partial charge on any atom is -0.296 e. The third-order valence-corrected chi connectivity index (χ3v) is 2.62. The summed E-state index contributed by atoms with van der Waals surface area (Å²) in [5.41, 5.74) is 0.203. The first-order valence-electron chi connectivity index (χ1n) is 4.09. The van der Waals surface area contributed by atoms with Gasteiger partial charge in [-0.1, -0.05) is 11.6 Å². The predicted molar refractivity (Wildman–Crippen MR) is 59.3 cm³/mol. The number of anilines is 1. The lowest BCUT2D eigenvalue weighted by Gasteiger charge is -2.01. The van der Waals surface area contributed by atoms with Crippen LogP contribution in [0.15, 0.2) is 29.9 Å². The van der Waals surface area contributed by atoms with E-state index in [0.717, 1.165) is 0 Å². The van der Waals surface area contributed by atoms with Crippen LogP contribution in [0.2, 0.25) is 5.02 Å². The molecule has 0 saturated carbocycles. The van der Waals surface area contributed by atoms with Crippen molar-refractivity contribution in [2.24, 2.45) is 0 Å². The maximum atomic E-state index is 11.6. The summed E-state index contributed by atoms with van der Waals surface area (Å²) in [7, 11) is 0. The van der Waals surface area contributed by atoms with Crippen LogP contribution in [0.3, 0.4) is 0 Å². The van der Waals surface area contributed by atoms with Crippen molar-refractivity contribution in [2.75, 3.05) is 5.32 Å². The Morgan fingerprint density at radius 1 is 1.40 bits per heavy atom. The topological polar surface area (TPSA) is 54.9 Å². The van der Waals surface area contributed by atoms with Crippen molar-refractivity contribution in [3.8, 4) is 0 Å². The molecule has 0 bridgehead atoms. The molecular formula is C9H6ClN3OS. The van der Waals surface area contributed by atoms with Crippen molar-refractivity contribution < 1.29 is 4.79 Å². The van der Waals surface area contributed by atoms with Gasteiger partial charge in [0.05, 0.1) is 5.02 Å². The van der Waals surface area contributed by atoms with Crippen LogP contribution in [-0.2, 0) is 0 Å². The second-order valence-corrected chi connectivity index (χ2v) is 3.93. The maximum absolute atomic E-state index is 11.6. The van der Waals surface area contributed by atoms with Gasteiger partial charge in [-0.25, -0.2) is 9.97 Å². The third kappa shape index (κ3) is 2.31. The van der Waals surface area contributed by atoms with E-state index in [2.05, 4.69) is 15.3 Å². The summed E-state index contributed by atoms with van der Waals surface area (Å²) in [4.78, 5) is 19.5. The Labute approximate surface area is 94.9 Å². The summed E-state index contributed by atoms with van der Waals surface area (Å²) < 4.78 is 0. The normalized spacial score (nSPS) is 9.93. The third-order valence-electron chi connectivity index (χ3n) is 1.63. The van der Waals surface area contributed by atoms with Gasteiger partial charge in [0.15, 0.2) is 5.13 Å². The summed E-state index contributed by atoms with van der Waals surface area (Å²) in [6.07, 6.45) is 3.13. The highest BCUT2D eigenvalue weighted by atomic mass is 35.5. The molecule has 0 radical (unpaired) electrons. The van der Waals surface area contributed by atoms with Crippen LogP contribution in [0.4, 0.5) is 5.13 Å². The van der Waals surface area contributed by atoms with Crippen molar-refractivity contribution in [2.45, 2.75) is 0 Å². The van der Waals surface area contributed by atoms with Crippen LogP contribution in [-0.4, -0.2) is 15.9 Å².